The molecule has 1 amide bonds. The topological polar surface area (TPSA) is 38.3 Å². The molecular weight excluding hydrogens is 419 g/mol. The Bertz CT molecular complexity index is 514. The van der Waals surface area contributed by atoms with Gasteiger partial charge in [0, 0.05) is 5.56 Å². The lowest BCUT2D eigenvalue weighted by Gasteiger charge is -2.12. The molecule has 0 unspecified atom stereocenters. The third-order valence-electron chi connectivity index (χ3n) is 2.03. The summed E-state index contributed by atoms with van der Waals surface area (Å²) in [7, 11) is 0. The van der Waals surface area contributed by atoms with Gasteiger partial charge in [0.05, 0.1) is 3.57 Å². The molecule has 0 saturated carbocycles. The smallest absolute Gasteiger partial charge is 0.422 e. The number of amides is 1. The second-order valence-electron chi connectivity index (χ2n) is 3.85. The monoisotopic (exact) mass is 427 g/mol. The minimum absolute atomic E-state index is 0.108. The first-order valence-corrected chi connectivity index (χ1v) is 6.40. The van der Waals surface area contributed by atoms with Crippen LogP contribution in [0.5, 0.6) is 5.75 Å². The quantitative estimate of drug-likeness (QED) is 0.590. The number of hydrogen-bond acceptors (Lipinski definition) is 2. The SMILES string of the molecule is O=C(NCC(F)(F)F)c1ccc(OCC(F)(F)F)c(I)c1. The molecule has 1 rings (SSSR count). The molecule has 3 nitrogen and oxygen atoms in total. The van der Waals surface area contributed by atoms with Crippen LogP contribution in [-0.2, 0) is 0 Å². The summed E-state index contributed by atoms with van der Waals surface area (Å²) in [5, 5.41) is 1.65. The Morgan fingerprint density at radius 2 is 1.76 bits per heavy atom. The van der Waals surface area contributed by atoms with Gasteiger partial charge in [-0.1, -0.05) is 0 Å². The Hall–Kier alpha value is -1.20. The van der Waals surface area contributed by atoms with E-state index in [1.165, 1.54) is 0 Å². The molecule has 0 bridgehead atoms. The van der Waals surface area contributed by atoms with Crippen LogP contribution in [-0.4, -0.2) is 31.4 Å². The van der Waals surface area contributed by atoms with Gasteiger partial charge in [-0.05, 0) is 40.8 Å². The number of halogens is 7. The normalized spacial score (nSPS) is 12.1. The summed E-state index contributed by atoms with van der Waals surface area (Å²) < 4.78 is 76.5. The lowest BCUT2D eigenvalue weighted by Crippen LogP contribution is -2.33. The maximum atomic E-state index is 12.0. The zero-order valence-electron chi connectivity index (χ0n) is 10.1. The predicted octanol–water partition coefficient (Wildman–Crippen LogP) is 3.52. The van der Waals surface area contributed by atoms with Crippen molar-refractivity contribution in [3.05, 3.63) is 27.3 Å². The fourth-order valence-electron chi connectivity index (χ4n) is 1.20. The lowest BCUT2D eigenvalue weighted by atomic mass is 10.2. The highest BCUT2D eigenvalue weighted by Crippen LogP contribution is 2.25. The molecule has 0 aliphatic carbocycles. The second kappa shape index (κ2) is 6.71. The zero-order valence-corrected chi connectivity index (χ0v) is 12.3. The maximum Gasteiger partial charge on any atom is 0.422 e. The highest BCUT2D eigenvalue weighted by atomic mass is 127. The summed E-state index contributed by atoms with van der Waals surface area (Å²) in [5.41, 5.74) is -0.108. The summed E-state index contributed by atoms with van der Waals surface area (Å²) in [6, 6.07) is 3.31. The summed E-state index contributed by atoms with van der Waals surface area (Å²) in [6.45, 7) is -2.99. The highest BCUT2D eigenvalue weighted by molar-refractivity contribution is 14.1. The number of benzene rings is 1. The Morgan fingerprint density at radius 1 is 1.14 bits per heavy atom. The number of rotatable bonds is 4. The fourth-order valence-corrected chi connectivity index (χ4v) is 1.87. The van der Waals surface area contributed by atoms with Crippen LogP contribution in [0.2, 0.25) is 0 Å². The third kappa shape index (κ3) is 6.87. The zero-order chi connectivity index (χ0) is 16.3. The van der Waals surface area contributed by atoms with E-state index in [4.69, 9.17) is 0 Å². The van der Waals surface area contributed by atoms with Crippen LogP contribution >= 0.6 is 22.6 Å². The molecule has 1 aromatic carbocycles. The van der Waals surface area contributed by atoms with Crippen LogP contribution in [0.15, 0.2) is 18.2 Å². The van der Waals surface area contributed by atoms with Crippen LogP contribution in [0.3, 0.4) is 0 Å². The first-order valence-electron chi connectivity index (χ1n) is 5.32. The third-order valence-corrected chi connectivity index (χ3v) is 2.88. The van der Waals surface area contributed by atoms with Gasteiger partial charge in [0.2, 0.25) is 0 Å². The van der Waals surface area contributed by atoms with Gasteiger partial charge in [0.25, 0.3) is 5.91 Å². The number of nitrogens with one attached hydrogen (secondary N) is 1. The molecular formula is C11H8F6INO2. The molecule has 21 heavy (non-hydrogen) atoms. The Morgan fingerprint density at radius 3 is 2.24 bits per heavy atom. The van der Waals surface area contributed by atoms with E-state index in [2.05, 4.69) is 4.74 Å². The number of alkyl halides is 6. The molecule has 10 heteroatoms. The van der Waals surface area contributed by atoms with Gasteiger partial charge in [0.15, 0.2) is 6.61 Å². The Labute approximate surface area is 128 Å². The Balaban J connectivity index is 2.71. The second-order valence-corrected chi connectivity index (χ2v) is 5.01. The summed E-state index contributed by atoms with van der Waals surface area (Å²) in [4.78, 5) is 11.4. The maximum absolute atomic E-state index is 12.0. The number of carbonyl (C=O) groups excluding carboxylic acids is 1. The van der Waals surface area contributed by atoms with Gasteiger partial charge in [-0.2, -0.15) is 26.3 Å². The van der Waals surface area contributed by atoms with E-state index in [0.717, 1.165) is 18.2 Å². The van der Waals surface area contributed by atoms with Crippen molar-refractivity contribution >= 4 is 28.5 Å². The standard InChI is InChI=1S/C11H8F6INO2/c12-10(13,14)4-19-9(20)6-1-2-8(7(18)3-6)21-5-11(15,16)17/h1-3H,4-5H2,(H,19,20). The van der Waals surface area contributed by atoms with Gasteiger partial charge in [-0.3, -0.25) is 4.79 Å². The van der Waals surface area contributed by atoms with Crippen molar-refractivity contribution in [1.29, 1.82) is 0 Å². The predicted molar refractivity (Wildman–Crippen MR) is 69.1 cm³/mol. The van der Waals surface area contributed by atoms with Crippen molar-refractivity contribution in [3.63, 3.8) is 0 Å². The Kier molecular flexibility index (Phi) is 5.70. The van der Waals surface area contributed by atoms with Crippen molar-refractivity contribution in [2.75, 3.05) is 13.2 Å². The van der Waals surface area contributed by atoms with E-state index in [1.807, 2.05) is 0 Å². The molecule has 118 valence electrons. The van der Waals surface area contributed by atoms with Gasteiger partial charge in [-0.15, -0.1) is 0 Å². The molecule has 1 aromatic rings. The molecule has 0 aliphatic heterocycles. The van der Waals surface area contributed by atoms with E-state index >= 15 is 0 Å². The summed E-state index contributed by atoms with van der Waals surface area (Å²) in [5.74, 6) is -1.09. The fraction of sp³-hybridized carbons (Fsp3) is 0.364. The van der Waals surface area contributed by atoms with E-state index in [1.54, 1.807) is 27.9 Å². The van der Waals surface area contributed by atoms with E-state index in [9.17, 15) is 31.1 Å². The van der Waals surface area contributed by atoms with E-state index < -0.39 is 31.4 Å². The van der Waals surface area contributed by atoms with Crippen molar-refractivity contribution in [2.45, 2.75) is 12.4 Å². The summed E-state index contributed by atoms with van der Waals surface area (Å²) in [6.07, 6.45) is -9.05. The van der Waals surface area contributed by atoms with Crippen LogP contribution in [0.4, 0.5) is 26.3 Å². The van der Waals surface area contributed by atoms with Gasteiger partial charge in [-0.25, -0.2) is 0 Å². The average Bonchev–Trinajstić information content (AvgIpc) is 2.32. The molecule has 0 heterocycles. The number of hydrogen-bond donors (Lipinski definition) is 1. The van der Waals surface area contributed by atoms with Crippen LogP contribution in [0.25, 0.3) is 0 Å². The van der Waals surface area contributed by atoms with Crippen molar-refractivity contribution in [1.82, 2.24) is 5.32 Å². The molecule has 1 N–H and O–H groups in total. The average molecular weight is 427 g/mol. The first-order chi connectivity index (χ1) is 9.48. The number of ether oxygens (including phenoxy) is 1. The molecule has 0 aliphatic rings. The summed E-state index contributed by atoms with van der Waals surface area (Å²) >= 11 is 1.62. The van der Waals surface area contributed by atoms with Crippen molar-refractivity contribution < 1.29 is 35.9 Å². The highest BCUT2D eigenvalue weighted by Gasteiger charge is 2.29. The minimum Gasteiger partial charge on any atom is -0.483 e. The number of carbonyl (C=O) groups is 1. The van der Waals surface area contributed by atoms with E-state index in [-0.39, 0.29) is 14.9 Å². The first kappa shape index (κ1) is 17.9. The van der Waals surface area contributed by atoms with Crippen LogP contribution in [0, 0.1) is 3.57 Å². The van der Waals surface area contributed by atoms with Crippen LogP contribution < -0.4 is 10.1 Å². The van der Waals surface area contributed by atoms with Crippen LogP contribution in [0.1, 0.15) is 10.4 Å². The van der Waals surface area contributed by atoms with Gasteiger partial charge >= 0.3 is 12.4 Å². The van der Waals surface area contributed by atoms with Crippen molar-refractivity contribution in [2.24, 2.45) is 0 Å². The largest absolute Gasteiger partial charge is 0.483 e. The molecule has 0 spiro atoms. The minimum atomic E-state index is -4.54. The van der Waals surface area contributed by atoms with E-state index in [0.29, 0.717) is 0 Å². The molecule has 0 atom stereocenters. The molecule has 0 radical (unpaired) electrons. The van der Waals surface area contributed by atoms with Crippen molar-refractivity contribution in [3.8, 4) is 5.75 Å². The molecule has 0 saturated heterocycles. The lowest BCUT2D eigenvalue weighted by molar-refractivity contribution is -0.153. The van der Waals surface area contributed by atoms with Gasteiger partial charge in [0.1, 0.15) is 12.3 Å². The van der Waals surface area contributed by atoms with Gasteiger partial charge < -0.3 is 10.1 Å². The molecule has 0 aromatic heterocycles. The molecule has 0 fully saturated rings.